The average molecular weight is 387 g/mol. The highest BCUT2D eigenvalue weighted by Gasteiger charge is 2.10. The normalized spacial score (nSPS) is 10.6. The zero-order valence-corrected chi connectivity index (χ0v) is 15.2. The van der Waals surface area contributed by atoms with Crippen LogP contribution in [0.1, 0.15) is 11.1 Å². The van der Waals surface area contributed by atoms with Crippen LogP contribution in [0.15, 0.2) is 59.1 Å². The van der Waals surface area contributed by atoms with E-state index in [-0.39, 0.29) is 18.4 Å². The van der Waals surface area contributed by atoms with Gasteiger partial charge in [-0.05, 0) is 42.8 Å². The molecule has 0 saturated carbocycles. The molecule has 0 bridgehead atoms. The molecule has 0 fully saturated rings. The molecule has 0 aromatic heterocycles. The van der Waals surface area contributed by atoms with E-state index in [4.69, 9.17) is 0 Å². The molecule has 0 radical (unpaired) electrons. The van der Waals surface area contributed by atoms with E-state index < -0.39 is 0 Å². The molecular formula is C19H19BrN2O2. The Morgan fingerprint density at radius 3 is 2.54 bits per heavy atom. The topological polar surface area (TPSA) is 49.4 Å². The fourth-order valence-corrected chi connectivity index (χ4v) is 2.45. The molecule has 0 aliphatic carbocycles. The maximum Gasteiger partial charge on any atom is 0.246 e. The molecule has 1 N–H and O–H groups in total. The van der Waals surface area contributed by atoms with Gasteiger partial charge in [0.15, 0.2) is 0 Å². The second-order valence-corrected chi connectivity index (χ2v) is 6.41. The summed E-state index contributed by atoms with van der Waals surface area (Å²) in [6.45, 7) is 1.98. The third-order valence-electron chi connectivity index (χ3n) is 3.36. The summed E-state index contributed by atoms with van der Waals surface area (Å²) < 4.78 is 0.947. The van der Waals surface area contributed by atoms with Crippen LogP contribution in [0.4, 0.5) is 5.69 Å². The SMILES string of the molecule is Cc1ccc(NC(=O)CN(C)C(=O)C=Cc2cccc(Br)c2)cc1. The maximum atomic E-state index is 12.1. The second kappa shape index (κ2) is 8.45. The number of nitrogens with zero attached hydrogens (tertiary/aromatic N) is 1. The predicted octanol–water partition coefficient (Wildman–Crippen LogP) is 3.87. The van der Waals surface area contributed by atoms with Gasteiger partial charge < -0.3 is 10.2 Å². The first-order valence-corrected chi connectivity index (χ1v) is 8.28. The third-order valence-corrected chi connectivity index (χ3v) is 3.85. The lowest BCUT2D eigenvalue weighted by Gasteiger charge is -2.15. The van der Waals surface area contributed by atoms with Crippen LogP contribution in [-0.4, -0.2) is 30.3 Å². The van der Waals surface area contributed by atoms with E-state index >= 15 is 0 Å². The van der Waals surface area contributed by atoms with E-state index in [1.165, 1.54) is 11.0 Å². The van der Waals surface area contributed by atoms with E-state index in [9.17, 15) is 9.59 Å². The van der Waals surface area contributed by atoms with Crippen molar-refractivity contribution in [2.75, 3.05) is 18.9 Å². The lowest BCUT2D eigenvalue weighted by Crippen LogP contribution is -2.33. The van der Waals surface area contributed by atoms with Crippen molar-refractivity contribution in [1.82, 2.24) is 4.90 Å². The van der Waals surface area contributed by atoms with Gasteiger partial charge in [0.05, 0.1) is 6.54 Å². The van der Waals surface area contributed by atoms with Crippen molar-refractivity contribution in [3.63, 3.8) is 0 Å². The standard InChI is InChI=1S/C19H19BrN2O2/c1-14-6-9-17(10-7-14)21-18(23)13-22(2)19(24)11-8-15-4-3-5-16(20)12-15/h3-12H,13H2,1-2H3,(H,21,23). The van der Waals surface area contributed by atoms with Crippen LogP contribution in [0, 0.1) is 6.92 Å². The molecule has 2 rings (SSSR count). The van der Waals surface area contributed by atoms with E-state index in [0.717, 1.165) is 21.3 Å². The Bertz CT molecular complexity index is 754. The zero-order valence-electron chi connectivity index (χ0n) is 13.6. The Balaban J connectivity index is 1.88. The van der Waals surface area contributed by atoms with Gasteiger partial charge in [0.1, 0.15) is 0 Å². The lowest BCUT2D eigenvalue weighted by molar-refractivity contribution is -0.129. The largest absolute Gasteiger partial charge is 0.333 e. The molecule has 0 heterocycles. The van der Waals surface area contributed by atoms with E-state index in [1.54, 1.807) is 13.1 Å². The number of carbonyl (C=O) groups is 2. The molecule has 0 aliphatic rings. The van der Waals surface area contributed by atoms with Crippen LogP contribution < -0.4 is 5.32 Å². The first kappa shape index (κ1) is 17.9. The predicted molar refractivity (Wildman–Crippen MR) is 101 cm³/mol. The summed E-state index contributed by atoms with van der Waals surface area (Å²) in [5.74, 6) is -0.459. The molecular weight excluding hydrogens is 368 g/mol. The Kier molecular flexibility index (Phi) is 6.32. The van der Waals surface area contributed by atoms with Crippen LogP contribution in [0.25, 0.3) is 6.08 Å². The van der Waals surface area contributed by atoms with E-state index in [2.05, 4.69) is 21.2 Å². The minimum absolute atomic E-state index is 0.00443. The Hall–Kier alpha value is -2.40. The summed E-state index contributed by atoms with van der Waals surface area (Å²) in [5.41, 5.74) is 2.75. The van der Waals surface area contributed by atoms with Gasteiger partial charge in [-0.15, -0.1) is 0 Å². The number of anilines is 1. The fourth-order valence-electron chi connectivity index (χ4n) is 2.04. The summed E-state index contributed by atoms with van der Waals surface area (Å²) in [4.78, 5) is 25.5. The van der Waals surface area contributed by atoms with Gasteiger partial charge in [-0.25, -0.2) is 0 Å². The highest BCUT2D eigenvalue weighted by Crippen LogP contribution is 2.13. The molecule has 0 unspecified atom stereocenters. The number of rotatable bonds is 5. The minimum atomic E-state index is -0.231. The van der Waals surface area contributed by atoms with E-state index in [1.807, 2.05) is 55.5 Å². The molecule has 124 valence electrons. The molecule has 0 atom stereocenters. The fraction of sp³-hybridized carbons (Fsp3) is 0.158. The first-order chi connectivity index (χ1) is 11.4. The minimum Gasteiger partial charge on any atom is -0.333 e. The molecule has 24 heavy (non-hydrogen) atoms. The van der Waals surface area contributed by atoms with Crippen LogP contribution >= 0.6 is 15.9 Å². The van der Waals surface area contributed by atoms with Crippen LogP contribution in [0.5, 0.6) is 0 Å². The van der Waals surface area contributed by atoms with Gasteiger partial charge in [-0.2, -0.15) is 0 Å². The van der Waals surface area contributed by atoms with Crippen molar-refractivity contribution in [3.8, 4) is 0 Å². The zero-order chi connectivity index (χ0) is 17.5. The van der Waals surface area contributed by atoms with Crippen LogP contribution in [0.3, 0.4) is 0 Å². The quantitative estimate of drug-likeness (QED) is 0.792. The third kappa shape index (κ3) is 5.66. The van der Waals surface area contributed by atoms with Crippen molar-refractivity contribution in [2.24, 2.45) is 0 Å². The average Bonchev–Trinajstić information content (AvgIpc) is 2.54. The monoisotopic (exact) mass is 386 g/mol. The molecule has 0 spiro atoms. The number of nitrogens with one attached hydrogen (secondary N) is 1. The molecule has 2 amide bonds. The van der Waals surface area contributed by atoms with Crippen molar-refractivity contribution in [1.29, 1.82) is 0 Å². The van der Waals surface area contributed by atoms with Gasteiger partial charge in [0.25, 0.3) is 0 Å². The molecule has 5 heteroatoms. The summed E-state index contributed by atoms with van der Waals surface area (Å²) in [6, 6.07) is 15.1. The van der Waals surface area contributed by atoms with E-state index in [0.29, 0.717) is 0 Å². The Morgan fingerprint density at radius 1 is 1.17 bits per heavy atom. The summed E-state index contributed by atoms with van der Waals surface area (Å²) in [5, 5.41) is 2.77. The van der Waals surface area contributed by atoms with Gasteiger partial charge in [0, 0.05) is 23.3 Å². The lowest BCUT2D eigenvalue weighted by atomic mass is 10.2. The van der Waals surface area contributed by atoms with Gasteiger partial charge in [0.2, 0.25) is 11.8 Å². The number of carbonyl (C=O) groups excluding carboxylic acids is 2. The number of benzene rings is 2. The van der Waals surface area contributed by atoms with Crippen molar-refractivity contribution < 1.29 is 9.59 Å². The van der Waals surface area contributed by atoms with Gasteiger partial charge in [-0.1, -0.05) is 45.8 Å². The number of likely N-dealkylation sites (N-methyl/N-ethyl adjacent to an activating group) is 1. The molecule has 0 aliphatic heterocycles. The number of aryl methyl sites for hydroxylation is 1. The molecule has 0 saturated heterocycles. The van der Waals surface area contributed by atoms with Crippen LogP contribution in [-0.2, 0) is 9.59 Å². The molecule has 4 nitrogen and oxygen atoms in total. The van der Waals surface area contributed by atoms with Crippen molar-refractivity contribution in [3.05, 3.63) is 70.2 Å². The highest BCUT2D eigenvalue weighted by atomic mass is 79.9. The summed E-state index contributed by atoms with van der Waals surface area (Å²) >= 11 is 3.38. The van der Waals surface area contributed by atoms with Crippen molar-refractivity contribution >= 4 is 39.5 Å². The molecule has 2 aromatic carbocycles. The van der Waals surface area contributed by atoms with Crippen molar-refractivity contribution in [2.45, 2.75) is 6.92 Å². The number of amides is 2. The summed E-state index contributed by atoms with van der Waals surface area (Å²) in [7, 11) is 1.60. The number of hydrogen-bond acceptors (Lipinski definition) is 2. The first-order valence-electron chi connectivity index (χ1n) is 7.49. The Labute approximate surface area is 150 Å². The van der Waals surface area contributed by atoms with Crippen LogP contribution in [0.2, 0.25) is 0 Å². The van der Waals surface area contributed by atoms with Gasteiger partial charge >= 0.3 is 0 Å². The highest BCUT2D eigenvalue weighted by molar-refractivity contribution is 9.10. The second-order valence-electron chi connectivity index (χ2n) is 5.50. The smallest absolute Gasteiger partial charge is 0.246 e. The number of halogens is 1. The number of hydrogen-bond donors (Lipinski definition) is 1. The summed E-state index contributed by atoms with van der Waals surface area (Å²) in [6.07, 6.45) is 3.18. The van der Waals surface area contributed by atoms with Gasteiger partial charge in [-0.3, -0.25) is 9.59 Å². The Morgan fingerprint density at radius 2 is 1.88 bits per heavy atom. The maximum absolute atomic E-state index is 12.1. The molecule has 2 aromatic rings.